The maximum absolute atomic E-state index is 10.2. The topological polar surface area (TPSA) is 37.3 Å². The first-order chi connectivity index (χ1) is 11.8. The molecule has 2 nitrogen and oxygen atoms in total. The summed E-state index contributed by atoms with van der Waals surface area (Å²) in [5.74, 6) is 3.84. The molecule has 0 saturated heterocycles. The van der Waals surface area contributed by atoms with Crippen LogP contribution in [0.25, 0.3) is 0 Å². The van der Waals surface area contributed by atoms with Crippen molar-refractivity contribution < 1.29 is 9.90 Å². The largest absolute Gasteiger partial charge is 0.472 e. The summed E-state index contributed by atoms with van der Waals surface area (Å²) in [4.78, 5) is 10.2. The normalized spacial score (nSPS) is 10.4. The Morgan fingerprint density at radius 2 is 0.958 bits per heavy atom. The van der Waals surface area contributed by atoms with Crippen LogP contribution in [-0.4, -0.2) is 11.1 Å². The lowest BCUT2D eigenvalue weighted by Crippen LogP contribution is -1.86. The third-order valence-electron chi connectivity index (χ3n) is 4.60. The van der Waals surface area contributed by atoms with Gasteiger partial charge in [0.2, 0.25) is 0 Å². The minimum absolute atomic E-state index is 0.727. The first-order valence-electron chi connectivity index (χ1n) is 10.5. The fraction of sp³-hybridized carbons (Fsp3) is 0.864. The van der Waals surface area contributed by atoms with Gasteiger partial charge in [-0.25, -0.2) is 4.79 Å². The standard InChI is InChI=1S/C22H40O2/c1-2-3-4-5-6-7-8-9-10-11-12-13-14-15-16-17-18-19-20-21-22(23)24/h2-19H2,1H3,(H,23,24). The van der Waals surface area contributed by atoms with Crippen LogP contribution in [0, 0.1) is 11.8 Å². The average molecular weight is 337 g/mol. The van der Waals surface area contributed by atoms with Gasteiger partial charge in [-0.15, -0.1) is 0 Å². The number of aliphatic carboxylic acids is 1. The fourth-order valence-electron chi connectivity index (χ4n) is 3.08. The third kappa shape index (κ3) is 21.0. The van der Waals surface area contributed by atoms with E-state index in [-0.39, 0.29) is 0 Å². The van der Waals surface area contributed by atoms with Gasteiger partial charge >= 0.3 is 5.97 Å². The molecule has 0 radical (unpaired) electrons. The number of unbranched alkanes of at least 4 members (excludes halogenated alkanes) is 17. The number of carbonyl (C=O) groups is 1. The van der Waals surface area contributed by atoms with Crippen LogP contribution < -0.4 is 0 Å². The zero-order valence-corrected chi connectivity index (χ0v) is 16.1. The molecule has 1 N–H and O–H groups in total. The molecule has 0 aromatic carbocycles. The maximum Gasteiger partial charge on any atom is 0.381 e. The average Bonchev–Trinajstić information content (AvgIpc) is 2.56. The van der Waals surface area contributed by atoms with Gasteiger partial charge in [-0.05, 0) is 6.42 Å². The summed E-state index contributed by atoms with van der Waals surface area (Å²) in [5, 5.41) is 8.38. The van der Waals surface area contributed by atoms with E-state index < -0.39 is 5.97 Å². The smallest absolute Gasteiger partial charge is 0.381 e. The van der Waals surface area contributed by atoms with Crippen molar-refractivity contribution in [3.05, 3.63) is 0 Å². The molecule has 0 fully saturated rings. The molecule has 0 spiro atoms. The SMILES string of the molecule is CCCCCCCCCCCCCCCCCCCC#CC(=O)O. The highest BCUT2D eigenvalue weighted by atomic mass is 16.4. The second-order valence-electron chi connectivity index (χ2n) is 7.01. The molecule has 0 aromatic heterocycles. The maximum atomic E-state index is 10.2. The predicted octanol–water partition coefficient (Wildman–Crippen LogP) is 7.12. The number of hydrogen-bond donors (Lipinski definition) is 1. The molecule has 0 aliphatic heterocycles. The Bertz CT molecular complexity index is 325. The van der Waals surface area contributed by atoms with Crippen LogP contribution in [-0.2, 0) is 4.79 Å². The molecule has 140 valence electrons. The highest BCUT2D eigenvalue weighted by Gasteiger charge is 1.94. The summed E-state index contributed by atoms with van der Waals surface area (Å²) in [6.07, 6.45) is 24.0. The highest BCUT2D eigenvalue weighted by molar-refractivity contribution is 5.86. The molecule has 0 saturated carbocycles. The molecule has 0 aromatic rings. The van der Waals surface area contributed by atoms with Crippen molar-refractivity contribution in [2.45, 2.75) is 122 Å². The minimum atomic E-state index is -1.01. The molecule has 0 unspecified atom stereocenters. The summed E-state index contributed by atoms with van der Waals surface area (Å²) in [5.41, 5.74) is 0. The van der Waals surface area contributed by atoms with E-state index in [4.69, 9.17) is 5.11 Å². The van der Waals surface area contributed by atoms with Crippen molar-refractivity contribution in [1.29, 1.82) is 0 Å². The van der Waals surface area contributed by atoms with Gasteiger partial charge < -0.3 is 5.11 Å². The molecule has 0 atom stereocenters. The van der Waals surface area contributed by atoms with E-state index in [0.29, 0.717) is 0 Å². The monoisotopic (exact) mass is 336 g/mol. The van der Waals surface area contributed by atoms with E-state index in [1.807, 2.05) is 0 Å². The van der Waals surface area contributed by atoms with Gasteiger partial charge in [0.15, 0.2) is 0 Å². The first-order valence-corrected chi connectivity index (χ1v) is 10.5. The van der Waals surface area contributed by atoms with Crippen molar-refractivity contribution in [3.8, 4) is 11.8 Å². The van der Waals surface area contributed by atoms with E-state index in [1.54, 1.807) is 0 Å². The van der Waals surface area contributed by atoms with Gasteiger partial charge in [0, 0.05) is 12.3 Å². The summed E-state index contributed by atoms with van der Waals surface area (Å²) in [6, 6.07) is 0. The first kappa shape index (κ1) is 23.0. The Morgan fingerprint density at radius 3 is 1.29 bits per heavy atom. The molecule has 0 aliphatic rings. The van der Waals surface area contributed by atoms with Crippen molar-refractivity contribution >= 4 is 5.97 Å². The quantitative estimate of drug-likeness (QED) is 0.227. The second kappa shape index (κ2) is 20.1. The van der Waals surface area contributed by atoms with Gasteiger partial charge in [0.1, 0.15) is 0 Å². The Hall–Kier alpha value is -0.970. The van der Waals surface area contributed by atoms with E-state index >= 15 is 0 Å². The van der Waals surface area contributed by atoms with E-state index in [9.17, 15) is 4.79 Å². The van der Waals surface area contributed by atoms with Gasteiger partial charge in [-0.1, -0.05) is 116 Å². The van der Waals surface area contributed by atoms with Crippen LogP contribution in [0.4, 0.5) is 0 Å². The van der Waals surface area contributed by atoms with Crippen LogP contribution in [0.3, 0.4) is 0 Å². The lowest BCUT2D eigenvalue weighted by atomic mass is 10.0. The van der Waals surface area contributed by atoms with Crippen LogP contribution in [0.1, 0.15) is 122 Å². The lowest BCUT2D eigenvalue weighted by molar-refractivity contribution is -0.130. The number of carboxylic acid groups (broad SMARTS) is 1. The number of hydrogen-bond acceptors (Lipinski definition) is 1. The van der Waals surface area contributed by atoms with Crippen LogP contribution in [0.2, 0.25) is 0 Å². The van der Waals surface area contributed by atoms with E-state index in [2.05, 4.69) is 18.8 Å². The molecule has 0 bridgehead atoms. The summed E-state index contributed by atoms with van der Waals surface area (Å²) in [7, 11) is 0. The van der Waals surface area contributed by atoms with Crippen LogP contribution in [0.5, 0.6) is 0 Å². The van der Waals surface area contributed by atoms with Gasteiger partial charge in [0.05, 0.1) is 0 Å². The third-order valence-corrected chi connectivity index (χ3v) is 4.60. The van der Waals surface area contributed by atoms with Gasteiger partial charge in [-0.2, -0.15) is 0 Å². The van der Waals surface area contributed by atoms with E-state index in [0.717, 1.165) is 12.8 Å². The Morgan fingerprint density at radius 1 is 0.625 bits per heavy atom. The summed E-state index contributed by atoms with van der Waals surface area (Å²) < 4.78 is 0. The van der Waals surface area contributed by atoms with Crippen LogP contribution >= 0.6 is 0 Å². The Balaban J connectivity index is 3.03. The molecule has 0 heterocycles. The highest BCUT2D eigenvalue weighted by Crippen LogP contribution is 2.14. The van der Waals surface area contributed by atoms with E-state index in [1.165, 1.54) is 103 Å². The van der Waals surface area contributed by atoms with Crippen LogP contribution in [0.15, 0.2) is 0 Å². The summed E-state index contributed by atoms with van der Waals surface area (Å²) in [6.45, 7) is 2.28. The Labute approximate surface area is 150 Å². The molecular weight excluding hydrogens is 296 g/mol. The minimum Gasteiger partial charge on any atom is -0.472 e. The number of rotatable bonds is 17. The van der Waals surface area contributed by atoms with Crippen molar-refractivity contribution in [2.24, 2.45) is 0 Å². The van der Waals surface area contributed by atoms with Crippen molar-refractivity contribution in [2.75, 3.05) is 0 Å². The zero-order chi connectivity index (χ0) is 17.7. The zero-order valence-electron chi connectivity index (χ0n) is 16.1. The molecule has 24 heavy (non-hydrogen) atoms. The summed E-state index contributed by atoms with van der Waals surface area (Å²) >= 11 is 0. The van der Waals surface area contributed by atoms with Crippen molar-refractivity contribution in [1.82, 2.24) is 0 Å². The fourth-order valence-corrected chi connectivity index (χ4v) is 3.08. The second-order valence-corrected chi connectivity index (χ2v) is 7.01. The molecular formula is C22H40O2. The predicted molar refractivity (Wildman–Crippen MR) is 104 cm³/mol. The lowest BCUT2D eigenvalue weighted by Gasteiger charge is -2.03. The Kier molecular flexibility index (Phi) is 19.3. The molecule has 0 aliphatic carbocycles. The molecule has 0 rings (SSSR count). The molecule has 2 heteroatoms. The van der Waals surface area contributed by atoms with Gasteiger partial charge in [-0.3, -0.25) is 0 Å². The number of carboxylic acids is 1. The van der Waals surface area contributed by atoms with Crippen molar-refractivity contribution in [3.63, 3.8) is 0 Å². The molecule has 0 amide bonds. The van der Waals surface area contributed by atoms with Gasteiger partial charge in [0.25, 0.3) is 0 Å².